The van der Waals surface area contributed by atoms with Crippen LogP contribution in [0.15, 0.2) is 60.9 Å². The van der Waals surface area contributed by atoms with Gasteiger partial charge in [0, 0.05) is 41.6 Å². The number of rotatable bonds is 4. The number of nitrogens with zero attached hydrogens (tertiary/aromatic N) is 2. The molecule has 3 nitrogen and oxygen atoms in total. The van der Waals surface area contributed by atoms with Crippen molar-refractivity contribution in [1.29, 1.82) is 0 Å². The van der Waals surface area contributed by atoms with Crippen molar-refractivity contribution in [2.24, 2.45) is 0 Å². The van der Waals surface area contributed by atoms with E-state index >= 15 is 0 Å². The fraction of sp³-hybridized carbons (Fsp3) is 0.190. The van der Waals surface area contributed by atoms with Crippen molar-refractivity contribution in [2.45, 2.75) is 19.5 Å². The quantitative estimate of drug-likeness (QED) is 0.638. The number of hydrogen-bond acceptors (Lipinski definition) is 3. The Labute approximate surface area is 163 Å². The minimum absolute atomic E-state index is 0.710. The molecule has 0 atom stereocenters. The molecular weight excluding hydrogens is 365 g/mol. The van der Waals surface area contributed by atoms with E-state index in [9.17, 15) is 0 Å². The average molecular weight is 384 g/mol. The van der Waals surface area contributed by atoms with Crippen LogP contribution in [0.4, 0.5) is 11.4 Å². The van der Waals surface area contributed by atoms with Gasteiger partial charge in [0.25, 0.3) is 0 Å². The summed E-state index contributed by atoms with van der Waals surface area (Å²) in [7, 11) is 0. The summed E-state index contributed by atoms with van der Waals surface area (Å²) in [5, 5.41) is 4.94. The molecule has 132 valence electrons. The third-order valence-corrected chi connectivity index (χ3v) is 5.12. The van der Waals surface area contributed by atoms with Crippen molar-refractivity contribution < 1.29 is 0 Å². The molecule has 0 bridgehead atoms. The van der Waals surface area contributed by atoms with Crippen molar-refractivity contribution in [3.63, 3.8) is 0 Å². The van der Waals surface area contributed by atoms with E-state index in [1.165, 1.54) is 11.1 Å². The highest BCUT2D eigenvalue weighted by Gasteiger charge is 2.17. The predicted molar refractivity (Wildman–Crippen MR) is 109 cm³/mol. The number of benzene rings is 2. The topological polar surface area (TPSA) is 28.2 Å². The highest BCUT2D eigenvalue weighted by Crippen LogP contribution is 2.27. The van der Waals surface area contributed by atoms with Crippen LogP contribution in [-0.2, 0) is 19.5 Å². The Morgan fingerprint density at radius 1 is 0.962 bits per heavy atom. The summed E-state index contributed by atoms with van der Waals surface area (Å²) >= 11 is 12.1. The van der Waals surface area contributed by atoms with Gasteiger partial charge in [-0.25, -0.2) is 0 Å². The van der Waals surface area contributed by atoms with E-state index < -0.39 is 0 Å². The lowest BCUT2D eigenvalue weighted by molar-refractivity contribution is 0.729. The normalized spacial score (nSPS) is 13.4. The monoisotopic (exact) mass is 383 g/mol. The summed E-state index contributed by atoms with van der Waals surface area (Å²) in [6.07, 6.45) is 4.84. The summed E-state index contributed by atoms with van der Waals surface area (Å²) < 4.78 is 0. The summed E-state index contributed by atoms with van der Waals surface area (Å²) in [4.78, 5) is 6.80. The first-order valence-corrected chi connectivity index (χ1v) is 9.38. The van der Waals surface area contributed by atoms with Crippen LogP contribution in [0.1, 0.15) is 16.7 Å². The maximum atomic E-state index is 6.11. The molecule has 1 aliphatic heterocycles. The standard InChI is InChI=1S/C21H19Cl2N3/c22-18-2-1-3-20(10-18)25-12-15-8-21(13-24-11-15)26-7-6-16-9-19(23)5-4-17(16)14-26/h1-5,8-11,13,25H,6-7,12,14H2. The maximum Gasteiger partial charge on any atom is 0.0559 e. The van der Waals surface area contributed by atoms with Gasteiger partial charge in [-0.15, -0.1) is 0 Å². The van der Waals surface area contributed by atoms with Gasteiger partial charge in [-0.3, -0.25) is 4.98 Å². The number of pyridine rings is 1. The Hall–Kier alpha value is -2.23. The first kappa shape index (κ1) is 17.2. The maximum absolute atomic E-state index is 6.11. The Morgan fingerprint density at radius 3 is 2.73 bits per heavy atom. The first-order chi connectivity index (χ1) is 12.7. The minimum atomic E-state index is 0.710. The Morgan fingerprint density at radius 2 is 1.85 bits per heavy atom. The van der Waals surface area contributed by atoms with E-state index in [4.69, 9.17) is 23.2 Å². The molecule has 0 saturated carbocycles. The molecule has 0 amide bonds. The van der Waals surface area contributed by atoms with E-state index in [2.05, 4.69) is 33.4 Å². The molecule has 1 aromatic heterocycles. The Balaban J connectivity index is 1.47. The van der Waals surface area contributed by atoms with Crippen LogP contribution in [-0.4, -0.2) is 11.5 Å². The van der Waals surface area contributed by atoms with Crippen LogP contribution in [0.5, 0.6) is 0 Å². The van der Waals surface area contributed by atoms with Crippen LogP contribution < -0.4 is 10.2 Å². The van der Waals surface area contributed by atoms with Gasteiger partial charge in [0.2, 0.25) is 0 Å². The number of nitrogens with one attached hydrogen (secondary N) is 1. The number of hydrogen-bond donors (Lipinski definition) is 1. The molecule has 0 aliphatic carbocycles. The zero-order chi connectivity index (χ0) is 17.9. The van der Waals surface area contributed by atoms with Gasteiger partial charge in [-0.1, -0.05) is 35.3 Å². The van der Waals surface area contributed by atoms with Crippen LogP contribution in [0, 0.1) is 0 Å². The van der Waals surface area contributed by atoms with Gasteiger partial charge in [0.05, 0.1) is 11.9 Å². The number of anilines is 2. The van der Waals surface area contributed by atoms with Crippen LogP contribution >= 0.6 is 23.2 Å². The van der Waals surface area contributed by atoms with E-state index in [-0.39, 0.29) is 0 Å². The van der Waals surface area contributed by atoms with Crippen LogP contribution in [0.3, 0.4) is 0 Å². The lowest BCUT2D eigenvalue weighted by atomic mass is 9.99. The molecule has 0 unspecified atom stereocenters. The first-order valence-electron chi connectivity index (χ1n) is 8.63. The predicted octanol–water partition coefficient (Wildman–Crippen LogP) is 5.56. The lowest BCUT2D eigenvalue weighted by Gasteiger charge is -2.30. The van der Waals surface area contributed by atoms with Gasteiger partial charge in [0.1, 0.15) is 0 Å². The van der Waals surface area contributed by atoms with E-state index in [1.54, 1.807) is 0 Å². The molecular formula is C21H19Cl2N3. The largest absolute Gasteiger partial charge is 0.381 e. The van der Waals surface area contributed by atoms with Crippen molar-refractivity contribution in [3.8, 4) is 0 Å². The molecule has 4 rings (SSSR count). The van der Waals surface area contributed by atoms with Crippen LogP contribution in [0.25, 0.3) is 0 Å². The van der Waals surface area contributed by atoms with Crippen molar-refractivity contribution in [3.05, 3.63) is 87.7 Å². The second-order valence-corrected chi connectivity index (χ2v) is 7.37. The molecule has 1 aliphatic rings. The highest BCUT2D eigenvalue weighted by atomic mass is 35.5. The molecule has 2 aromatic carbocycles. The van der Waals surface area contributed by atoms with Crippen LogP contribution in [0.2, 0.25) is 10.0 Å². The number of halogens is 2. The number of aromatic nitrogens is 1. The van der Waals surface area contributed by atoms with Crippen molar-refractivity contribution in [2.75, 3.05) is 16.8 Å². The third-order valence-electron chi connectivity index (χ3n) is 4.65. The van der Waals surface area contributed by atoms with Gasteiger partial charge in [-0.2, -0.15) is 0 Å². The molecule has 5 heteroatoms. The zero-order valence-electron chi connectivity index (χ0n) is 14.3. The fourth-order valence-corrected chi connectivity index (χ4v) is 3.67. The van der Waals surface area contributed by atoms with Crippen molar-refractivity contribution >= 4 is 34.6 Å². The molecule has 0 radical (unpaired) electrons. The molecule has 0 fully saturated rings. The smallest absolute Gasteiger partial charge is 0.0559 e. The Bertz CT molecular complexity index is 927. The van der Waals surface area contributed by atoms with Crippen molar-refractivity contribution in [1.82, 2.24) is 4.98 Å². The van der Waals surface area contributed by atoms with Gasteiger partial charge in [-0.05, 0) is 59.5 Å². The van der Waals surface area contributed by atoms with Gasteiger partial charge < -0.3 is 10.2 Å². The summed E-state index contributed by atoms with van der Waals surface area (Å²) in [5.41, 5.74) is 5.98. The Kier molecular flexibility index (Phi) is 5.00. The summed E-state index contributed by atoms with van der Waals surface area (Å²) in [6.45, 7) is 2.57. The van der Waals surface area contributed by atoms with E-state index in [0.29, 0.717) is 6.54 Å². The second-order valence-electron chi connectivity index (χ2n) is 6.50. The lowest BCUT2D eigenvalue weighted by Crippen LogP contribution is -2.30. The second kappa shape index (κ2) is 7.56. The highest BCUT2D eigenvalue weighted by molar-refractivity contribution is 6.31. The molecule has 2 heterocycles. The number of fused-ring (bicyclic) bond motifs is 1. The molecule has 3 aromatic rings. The molecule has 26 heavy (non-hydrogen) atoms. The SMILES string of the molecule is Clc1cccc(NCc2cncc(N3CCc4cc(Cl)ccc4C3)c2)c1. The molecule has 0 spiro atoms. The summed E-state index contributed by atoms with van der Waals surface area (Å²) in [5.74, 6) is 0. The fourth-order valence-electron chi connectivity index (χ4n) is 3.29. The molecule has 1 N–H and O–H groups in total. The zero-order valence-corrected chi connectivity index (χ0v) is 15.8. The van der Waals surface area contributed by atoms with Gasteiger partial charge >= 0.3 is 0 Å². The summed E-state index contributed by atoms with van der Waals surface area (Å²) in [6, 6.07) is 16.1. The minimum Gasteiger partial charge on any atom is -0.381 e. The van der Waals surface area contributed by atoms with E-state index in [1.807, 2.05) is 42.7 Å². The van der Waals surface area contributed by atoms with Gasteiger partial charge in [0.15, 0.2) is 0 Å². The molecule has 0 saturated heterocycles. The van der Waals surface area contributed by atoms with E-state index in [0.717, 1.165) is 46.5 Å². The third kappa shape index (κ3) is 3.95. The average Bonchev–Trinajstić information content (AvgIpc) is 2.66.